The number of aromatic nitrogens is 3. The van der Waals surface area contributed by atoms with Gasteiger partial charge in [-0.2, -0.15) is 5.10 Å². The van der Waals surface area contributed by atoms with Crippen LogP contribution in [0, 0.1) is 62.6 Å². The number of carboxylic acid groups (broad SMARTS) is 1. The minimum absolute atomic E-state index is 0.0988. The number of ether oxygens (including phenoxy) is 2. The molecule has 0 radical (unpaired) electrons. The molecule has 1 aliphatic heterocycles. The largest absolute Gasteiger partial charge is 0.481 e. The van der Waals surface area contributed by atoms with Crippen molar-refractivity contribution < 1.29 is 19.4 Å². The molecule has 1 aromatic carbocycles. The number of hydrogen-bond acceptors (Lipinski definition) is 6. The number of carboxylic acids is 1. The number of allylic oxidation sites excluding steroid dienone is 1. The molecule has 7 rings (SSSR count). The Kier molecular flexibility index (Phi) is 9.80. The van der Waals surface area contributed by atoms with Crippen LogP contribution in [0.5, 0.6) is 0 Å². The molecule has 0 spiro atoms. The highest BCUT2D eigenvalue weighted by Gasteiger charge is 2.72. The fourth-order valence-corrected chi connectivity index (χ4v) is 13.1. The monoisotopic (exact) mass is 792 g/mol. The van der Waals surface area contributed by atoms with Crippen molar-refractivity contribution in [2.75, 3.05) is 19.8 Å². The smallest absolute Gasteiger partial charge is 0.307 e. The highest BCUT2D eigenvalue weighted by Crippen LogP contribution is 2.75. The van der Waals surface area contributed by atoms with Crippen LogP contribution in [-0.2, 0) is 14.3 Å². The van der Waals surface area contributed by atoms with Gasteiger partial charge in [-0.15, -0.1) is 0 Å². The molecule has 3 N–H and O–H groups in total. The molecule has 8 nitrogen and oxygen atoms in total. The maximum Gasteiger partial charge on any atom is 0.307 e. The normalized spacial score (nSPS) is 41.2. The summed E-state index contributed by atoms with van der Waals surface area (Å²) in [7, 11) is 0. The number of hydrogen-bond donors (Lipinski definition) is 2. The number of rotatable bonds is 9. The molecule has 4 fully saturated rings. The number of halogens is 1. The molecular weight excluding hydrogens is 728 g/mol. The van der Waals surface area contributed by atoms with Gasteiger partial charge in [-0.25, -0.2) is 9.67 Å². The van der Waals surface area contributed by atoms with Gasteiger partial charge < -0.3 is 20.3 Å². The van der Waals surface area contributed by atoms with Gasteiger partial charge in [0, 0.05) is 21.0 Å². The molecule has 5 aliphatic rings. The van der Waals surface area contributed by atoms with Crippen LogP contribution in [0.3, 0.4) is 0 Å². The number of benzene rings is 1. The molecule has 4 aliphatic carbocycles. The second-order valence-corrected chi connectivity index (χ2v) is 21.0. The lowest BCUT2D eigenvalue weighted by Crippen LogP contribution is -2.70. The van der Waals surface area contributed by atoms with Crippen molar-refractivity contribution in [1.29, 1.82) is 0 Å². The van der Waals surface area contributed by atoms with E-state index in [1.807, 2.05) is 0 Å². The van der Waals surface area contributed by atoms with E-state index >= 15 is 0 Å². The molecule has 1 aromatic heterocycles. The molecule has 0 unspecified atom stereocenters. The number of nitrogens with zero attached hydrogens (tertiary/aromatic N) is 3. The van der Waals surface area contributed by atoms with Crippen LogP contribution < -0.4 is 5.73 Å². The van der Waals surface area contributed by atoms with Crippen LogP contribution in [0.4, 0.5) is 0 Å². The van der Waals surface area contributed by atoms with Gasteiger partial charge in [0.1, 0.15) is 6.33 Å². The predicted molar refractivity (Wildman–Crippen MR) is 213 cm³/mol. The topological polar surface area (TPSA) is 112 Å². The molecule has 53 heavy (non-hydrogen) atoms. The highest BCUT2D eigenvalue weighted by molar-refractivity contribution is 9.10. The average Bonchev–Trinajstić information content (AvgIpc) is 3.57. The summed E-state index contributed by atoms with van der Waals surface area (Å²) in [5.41, 5.74) is 7.54. The van der Waals surface area contributed by atoms with Gasteiger partial charge in [-0.1, -0.05) is 102 Å². The number of fused-ring (bicyclic) bond motifs is 3. The van der Waals surface area contributed by atoms with Crippen molar-refractivity contribution in [3.63, 3.8) is 0 Å². The SMILES string of the molecule is CC(C)[C@@H](C)[C@@]1(C)CC[C@]2(C)[C@H]3CC[C@@H]4[C@@]5(C)COC[C@@]4(C3=CC[C@@]2(C)[C@@H]1C(=O)O)[C@@H](OC[C@](C)(N)C(C)C)[C@H](n1ncnc1-c1ccc(Br)cc1)C5. The molecule has 12 atom stereocenters. The second kappa shape index (κ2) is 13.3. The average molecular weight is 794 g/mol. The van der Waals surface area contributed by atoms with Crippen molar-refractivity contribution in [2.45, 2.75) is 125 Å². The van der Waals surface area contributed by atoms with Gasteiger partial charge in [0.25, 0.3) is 0 Å². The predicted octanol–water partition coefficient (Wildman–Crippen LogP) is 9.60. The number of nitrogens with two attached hydrogens (primary N) is 1. The van der Waals surface area contributed by atoms with Crippen LogP contribution in [0.15, 0.2) is 46.7 Å². The maximum absolute atomic E-state index is 13.6. The second-order valence-electron chi connectivity index (χ2n) is 20.1. The van der Waals surface area contributed by atoms with Gasteiger partial charge in [-0.05, 0) is 109 Å². The summed E-state index contributed by atoms with van der Waals surface area (Å²) >= 11 is 3.61. The zero-order valence-corrected chi connectivity index (χ0v) is 35.5. The lowest BCUT2D eigenvalue weighted by atomic mass is 9.34. The Morgan fingerprint density at radius 2 is 1.77 bits per heavy atom. The van der Waals surface area contributed by atoms with Crippen LogP contribution in [0.1, 0.15) is 114 Å². The Morgan fingerprint density at radius 1 is 1.08 bits per heavy atom. The first-order valence-corrected chi connectivity index (χ1v) is 21.1. The lowest BCUT2D eigenvalue weighted by molar-refractivity contribution is -0.254. The standard InChI is InChI=1S/C44H65BrN4O4/c1-26(2)28(5)40(7)19-20-41(8)31-15-16-34-39(6)21-33(49-37(47-25-48-49)29-11-13-30(45)14-12-29)36(53-23-43(10,46)27(3)4)44(34,24-52-22-39)32(31)17-18-42(41,9)35(40)38(50)51/h11-14,17,25-28,31,33-36H,15-16,18-24,46H2,1-10H3,(H,50,51)/t28-,31+,33-,34-,35-,36+,39-,40-,41-,42+,43+,44+/m1/s1. The van der Waals surface area contributed by atoms with Crippen molar-refractivity contribution in [3.05, 3.63) is 46.7 Å². The van der Waals surface area contributed by atoms with E-state index in [4.69, 9.17) is 25.3 Å². The van der Waals surface area contributed by atoms with Gasteiger partial charge in [0.2, 0.25) is 0 Å². The third-order valence-electron chi connectivity index (χ3n) is 16.9. The van der Waals surface area contributed by atoms with Crippen molar-refractivity contribution in [2.24, 2.45) is 68.3 Å². The van der Waals surface area contributed by atoms with E-state index in [0.29, 0.717) is 37.6 Å². The summed E-state index contributed by atoms with van der Waals surface area (Å²) in [6.45, 7) is 24.4. The van der Waals surface area contributed by atoms with E-state index in [9.17, 15) is 9.90 Å². The number of carbonyl (C=O) groups is 1. The minimum atomic E-state index is -0.632. The van der Waals surface area contributed by atoms with Crippen LogP contribution in [-0.4, -0.2) is 57.3 Å². The summed E-state index contributed by atoms with van der Waals surface area (Å²) in [4.78, 5) is 18.5. The highest BCUT2D eigenvalue weighted by atomic mass is 79.9. The van der Waals surface area contributed by atoms with Gasteiger partial charge >= 0.3 is 5.97 Å². The lowest BCUT2D eigenvalue weighted by Gasteiger charge is -2.71. The molecule has 2 aromatic rings. The Morgan fingerprint density at radius 3 is 2.42 bits per heavy atom. The minimum Gasteiger partial charge on any atom is -0.481 e. The molecule has 0 amide bonds. The zero-order chi connectivity index (χ0) is 38.5. The molecule has 1 saturated heterocycles. The zero-order valence-electron chi connectivity index (χ0n) is 33.9. The summed E-state index contributed by atoms with van der Waals surface area (Å²) < 4.78 is 17.4. The molecule has 292 valence electrons. The van der Waals surface area contributed by atoms with E-state index in [-0.39, 0.29) is 40.2 Å². The Hall–Kier alpha value is -2.07. The first-order chi connectivity index (χ1) is 24.8. The Balaban J connectivity index is 1.40. The van der Waals surface area contributed by atoms with Crippen molar-refractivity contribution in [3.8, 4) is 11.4 Å². The molecule has 9 heteroatoms. The van der Waals surface area contributed by atoms with Crippen molar-refractivity contribution in [1.82, 2.24) is 14.8 Å². The first kappa shape index (κ1) is 39.2. The van der Waals surface area contributed by atoms with E-state index in [1.54, 1.807) is 6.33 Å². The van der Waals surface area contributed by atoms with Crippen LogP contribution >= 0.6 is 15.9 Å². The van der Waals surface area contributed by atoms with Crippen LogP contribution in [0.2, 0.25) is 0 Å². The van der Waals surface area contributed by atoms with E-state index in [0.717, 1.165) is 54.4 Å². The van der Waals surface area contributed by atoms with E-state index in [1.165, 1.54) is 5.57 Å². The molecule has 2 heterocycles. The molecule has 3 saturated carbocycles. The third-order valence-corrected chi connectivity index (χ3v) is 17.4. The van der Waals surface area contributed by atoms with Gasteiger partial charge in [0.05, 0.1) is 37.9 Å². The van der Waals surface area contributed by atoms with Crippen molar-refractivity contribution >= 4 is 21.9 Å². The van der Waals surface area contributed by atoms with E-state index < -0.39 is 28.3 Å². The first-order valence-electron chi connectivity index (χ1n) is 20.3. The third kappa shape index (κ3) is 5.69. The molecular formula is C44H65BrN4O4. The summed E-state index contributed by atoms with van der Waals surface area (Å²) in [5, 5.41) is 16.2. The van der Waals surface area contributed by atoms with Gasteiger partial charge in [0.15, 0.2) is 5.82 Å². The quantitative estimate of drug-likeness (QED) is 0.243. The molecule has 2 bridgehead atoms. The Bertz CT molecular complexity index is 1740. The van der Waals surface area contributed by atoms with E-state index in [2.05, 4.69) is 120 Å². The fraction of sp³-hybridized carbons (Fsp3) is 0.750. The summed E-state index contributed by atoms with van der Waals surface area (Å²) in [6, 6.07) is 8.22. The Labute approximate surface area is 326 Å². The fourth-order valence-electron chi connectivity index (χ4n) is 12.8. The van der Waals surface area contributed by atoms with Crippen LogP contribution in [0.25, 0.3) is 11.4 Å². The summed E-state index contributed by atoms with van der Waals surface area (Å²) in [6.07, 6.45) is 9.60. The number of aliphatic carboxylic acids is 1. The maximum atomic E-state index is 13.6. The summed E-state index contributed by atoms with van der Waals surface area (Å²) in [5.74, 6) is 1.28. The van der Waals surface area contributed by atoms with Gasteiger partial charge in [-0.3, -0.25) is 4.79 Å².